The lowest BCUT2D eigenvalue weighted by Crippen LogP contribution is -2.36. The molecule has 1 heterocycles. The van der Waals surface area contributed by atoms with Crippen LogP contribution in [0.25, 0.3) is 0 Å². The van der Waals surface area contributed by atoms with E-state index >= 15 is 0 Å². The van der Waals surface area contributed by atoms with Crippen LogP contribution in [0.3, 0.4) is 0 Å². The summed E-state index contributed by atoms with van der Waals surface area (Å²) in [4.78, 5) is 16.3. The molecule has 6 heteroatoms. The Balaban J connectivity index is 2.00. The number of oxazole rings is 1. The van der Waals surface area contributed by atoms with Crippen molar-refractivity contribution < 1.29 is 14.3 Å². The molecule has 23 heavy (non-hydrogen) atoms. The molecule has 2 unspecified atom stereocenters. The number of rotatable bonds is 6. The minimum Gasteiger partial charge on any atom is -0.508 e. The molecule has 0 aliphatic heterocycles. The predicted octanol–water partition coefficient (Wildman–Crippen LogP) is 2.40. The standard InChI is InChI=1S/C17H23N3O3/c1-10(2)11(3)19-16(22)15-9-23-17(20-15)14(18)8-12-4-6-13(21)7-5-12/h4-7,9-11,14,21H,8,18H2,1-3H3,(H,19,22). The highest BCUT2D eigenvalue weighted by Crippen LogP contribution is 2.18. The van der Waals surface area contributed by atoms with Gasteiger partial charge in [0.05, 0.1) is 6.04 Å². The fraction of sp³-hybridized carbons (Fsp3) is 0.412. The summed E-state index contributed by atoms with van der Waals surface area (Å²) in [7, 11) is 0. The molecular formula is C17H23N3O3. The molecule has 124 valence electrons. The molecule has 0 spiro atoms. The van der Waals surface area contributed by atoms with Gasteiger partial charge in [0.2, 0.25) is 5.89 Å². The average Bonchev–Trinajstić information content (AvgIpc) is 2.99. The van der Waals surface area contributed by atoms with Crippen LogP contribution in [-0.2, 0) is 6.42 Å². The molecule has 1 aromatic heterocycles. The van der Waals surface area contributed by atoms with E-state index in [1.807, 2.05) is 20.8 Å². The summed E-state index contributed by atoms with van der Waals surface area (Å²) >= 11 is 0. The number of amides is 1. The summed E-state index contributed by atoms with van der Waals surface area (Å²) in [6.07, 6.45) is 1.83. The Morgan fingerprint density at radius 2 is 1.96 bits per heavy atom. The summed E-state index contributed by atoms with van der Waals surface area (Å²) in [5.41, 5.74) is 7.26. The SMILES string of the molecule is CC(C)C(C)NC(=O)c1coc(C(N)Cc2ccc(O)cc2)n1. The lowest BCUT2D eigenvalue weighted by Gasteiger charge is -2.16. The van der Waals surface area contributed by atoms with Crippen molar-refractivity contribution in [1.29, 1.82) is 0 Å². The minimum atomic E-state index is -0.455. The Kier molecular flexibility index (Phi) is 5.39. The van der Waals surface area contributed by atoms with Gasteiger partial charge in [-0.1, -0.05) is 26.0 Å². The highest BCUT2D eigenvalue weighted by Gasteiger charge is 2.19. The molecule has 1 amide bonds. The highest BCUT2D eigenvalue weighted by molar-refractivity contribution is 5.92. The smallest absolute Gasteiger partial charge is 0.273 e. The molecule has 2 rings (SSSR count). The summed E-state index contributed by atoms with van der Waals surface area (Å²) < 4.78 is 5.34. The van der Waals surface area contributed by atoms with E-state index in [0.29, 0.717) is 18.2 Å². The van der Waals surface area contributed by atoms with Crippen LogP contribution >= 0.6 is 0 Å². The molecule has 0 saturated carbocycles. The molecule has 0 aliphatic carbocycles. The Bertz CT molecular complexity index is 649. The van der Waals surface area contributed by atoms with Gasteiger partial charge in [-0.05, 0) is 37.0 Å². The van der Waals surface area contributed by atoms with Gasteiger partial charge in [0, 0.05) is 6.04 Å². The number of carbonyl (C=O) groups excluding carboxylic acids is 1. The summed E-state index contributed by atoms with van der Waals surface area (Å²) in [6, 6.07) is 6.37. The van der Waals surface area contributed by atoms with Crippen LogP contribution in [0.2, 0.25) is 0 Å². The normalized spacial score (nSPS) is 13.8. The maximum absolute atomic E-state index is 12.1. The third-order valence-electron chi connectivity index (χ3n) is 3.82. The van der Waals surface area contributed by atoms with Gasteiger partial charge in [0.15, 0.2) is 5.69 Å². The molecule has 6 nitrogen and oxygen atoms in total. The fourth-order valence-electron chi connectivity index (χ4n) is 1.98. The first-order valence-electron chi connectivity index (χ1n) is 7.66. The van der Waals surface area contributed by atoms with Gasteiger partial charge in [-0.25, -0.2) is 4.98 Å². The quantitative estimate of drug-likeness (QED) is 0.759. The van der Waals surface area contributed by atoms with Crippen molar-refractivity contribution in [2.75, 3.05) is 0 Å². The molecule has 0 fully saturated rings. The van der Waals surface area contributed by atoms with Crippen LogP contribution in [0.15, 0.2) is 34.9 Å². The van der Waals surface area contributed by atoms with Crippen molar-refractivity contribution in [3.8, 4) is 5.75 Å². The molecule has 0 aliphatic rings. The minimum absolute atomic E-state index is 0.0494. The molecule has 1 aromatic carbocycles. The number of hydrogen-bond acceptors (Lipinski definition) is 5. The Morgan fingerprint density at radius 1 is 1.30 bits per heavy atom. The van der Waals surface area contributed by atoms with E-state index < -0.39 is 6.04 Å². The molecule has 0 radical (unpaired) electrons. The van der Waals surface area contributed by atoms with Crippen LogP contribution in [-0.4, -0.2) is 22.0 Å². The van der Waals surface area contributed by atoms with Crippen LogP contribution in [0.1, 0.15) is 48.8 Å². The third-order valence-corrected chi connectivity index (χ3v) is 3.82. The van der Waals surface area contributed by atoms with Gasteiger partial charge in [-0.3, -0.25) is 4.79 Å². The zero-order chi connectivity index (χ0) is 17.0. The van der Waals surface area contributed by atoms with Crippen molar-refractivity contribution in [3.05, 3.63) is 47.7 Å². The number of benzene rings is 1. The zero-order valence-electron chi connectivity index (χ0n) is 13.6. The van der Waals surface area contributed by atoms with E-state index in [9.17, 15) is 9.90 Å². The summed E-state index contributed by atoms with van der Waals surface area (Å²) in [6.45, 7) is 6.01. The first-order chi connectivity index (χ1) is 10.9. The van der Waals surface area contributed by atoms with E-state index in [1.165, 1.54) is 6.26 Å². The van der Waals surface area contributed by atoms with Crippen LogP contribution in [0, 0.1) is 5.92 Å². The van der Waals surface area contributed by atoms with Crippen LogP contribution in [0.4, 0.5) is 0 Å². The van der Waals surface area contributed by atoms with Crippen LogP contribution < -0.4 is 11.1 Å². The number of aromatic hydroxyl groups is 1. The van der Waals surface area contributed by atoms with Crippen molar-refractivity contribution >= 4 is 5.91 Å². The first kappa shape index (κ1) is 17.0. The molecule has 2 aromatic rings. The number of nitrogens with zero attached hydrogens (tertiary/aromatic N) is 1. The van der Waals surface area contributed by atoms with Gasteiger partial charge in [-0.2, -0.15) is 0 Å². The highest BCUT2D eigenvalue weighted by atomic mass is 16.3. The maximum Gasteiger partial charge on any atom is 0.273 e. The molecule has 4 N–H and O–H groups in total. The second-order valence-electron chi connectivity index (χ2n) is 6.05. The van der Waals surface area contributed by atoms with Gasteiger partial charge < -0.3 is 20.6 Å². The zero-order valence-corrected chi connectivity index (χ0v) is 13.6. The summed E-state index contributed by atoms with van der Waals surface area (Å²) in [5, 5.41) is 12.2. The topological polar surface area (TPSA) is 101 Å². The number of phenolic OH excluding ortho intramolecular Hbond substituents is 1. The number of nitrogens with two attached hydrogens (primary N) is 1. The van der Waals surface area contributed by atoms with Crippen molar-refractivity contribution in [1.82, 2.24) is 10.3 Å². The first-order valence-corrected chi connectivity index (χ1v) is 7.66. The molecule has 0 bridgehead atoms. The molecule has 0 saturated heterocycles. The molecular weight excluding hydrogens is 294 g/mol. The fourth-order valence-corrected chi connectivity index (χ4v) is 1.98. The van der Waals surface area contributed by atoms with Crippen LogP contribution in [0.5, 0.6) is 5.75 Å². The largest absolute Gasteiger partial charge is 0.508 e. The lowest BCUT2D eigenvalue weighted by molar-refractivity contribution is 0.0925. The number of hydrogen-bond donors (Lipinski definition) is 3. The van der Waals surface area contributed by atoms with E-state index in [2.05, 4.69) is 10.3 Å². The lowest BCUT2D eigenvalue weighted by atomic mass is 10.1. The van der Waals surface area contributed by atoms with Gasteiger partial charge in [0.1, 0.15) is 12.0 Å². The Hall–Kier alpha value is -2.34. The van der Waals surface area contributed by atoms with E-state index in [0.717, 1.165) is 5.56 Å². The second kappa shape index (κ2) is 7.28. The third kappa shape index (κ3) is 4.56. The van der Waals surface area contributed by atoms with Crippen molar-refractivity contribution in [2.45, 2.75) is 39.3 Å². The monoisotopic (exact) mass is 317 g/mol. The number of aromatic nitrogens is 1. The number of phenols is 1. The Labute approximate surface area is 135 Å². The average molecular weight is 317 g/mol. The van der Waals surface area contributed by atoms with Gasteiger partial charge in [0.25, 0.3) is 5.91 Å². The Morgan fingerprint density at radius 3 is 2.57 bits per heavy atom. The van der Waals surface area contributed by atoms with Crippen molar-refractivity contribution in [2.24, 2.45) is 11.7 Å². The maximum atomic E-state index is 12.1. The summed E-state index contributed by atoms with van der Waals surface area (Å²) in [5.74, 6) is 0.595. The number of carbonyl (C=O) groups is 1. The predicted molar refractivity (Wildman–Crippen MR) is 87.0 cm³/mol. The van der Waals surface area contributed by atoms with Gasteiger partial charge in [-0.15, -0.1) is 0 Å². The molecule has 2 atom stereocenters. The second-order valence-corrected chi connectivity index (χ2v) is 6.05. The van der Waals surface area contributed by atoms with E-state index in [-0.39, 0.29) is 23.4 Å². The van der Waals surface area contributed by atoms with E-state index in [1.54, 1.807) is 24.3 Å². The van der Waals surface area contributed by atoms with Crippen molar-refractivity contribution in [3.63, 3.8) is 0 Å². The number of nitrogens with one attached hydrogen (secondary N) is 1. The van der Waals surface area contributed by atoms with Gasteiger partial charge >= 0.3 is 0 Å². The van der Waals surface area contributed by atoms with E-state index in [4.69, 9.17) is 10.2 Å².